The minimum absolute atomic E-state index is 0.00318. The van der Waals surface area contributed by atoms with E-state index in [0.29, 0.717) is 6.54 Å². The maximum absolute atomic E-state index is 12.4. The molecule has 3 atom stereocenters. The van der Waals surface area contributed by atoms with Gasteiger partial charge in [0.15, 0.2) is 17.3 Å². The quantitative estimate of drug-likeness (QED) is 0.0739. The Bertz CT molecular complexity index is 2080. The van der Waals surface area contributed by atoms with E-state index < -0.39 is 17.1 Å². The zero-order valence-corrected chi connectivity index (χ0v) is 48.4. The number of ketones is 4. The molecule has 0 saturated carbocycles. The molecule has 0 aromatic carbocycles. The molecule has 0 aromatic heterocycles. The third kappa shape index (κ3) is 23.1. The summed E-state index contributed by atoms with van der Waals surface area (Å²) in [4.78, 5) is 163. The molecule has 3 unspecified atom stereocenters. The minimum Gasteiger partial charge on any atom is -0.373 e. The first-order chi connectivity index (χ1) is 35.3. The summed E-state index contributed by atoms with van der Waals surface area (Å²) in [5.41, 5.74) is 0. The fraction of sp³-hybridized carbons (Fsp3) is 0.755. The van der Waals surface area contributed by atoms with E-state index >= 15 is 0 Å². The van der Waals surface area contributed by atoms with E-state index in [-0.39, 0.29) is 209 Å². The van der Waals surface area contributed by atoms with Gasteiger partial charge in [-0.3, -0.25) is 77.0 Å². The number of carbonyl (C=O) groups is 13. The minimum atomic E-state index is -0.612. The highest BCUT2D eigenvalue weighted by Crippen LogP contribution is 2.28. The van der Waals surface area contributed by atoms with Gasteiger partial charge in [-0.2, -0.15) is 0 Å². The van der Waals surface area contributed by atoms with Crippen LogP contribution < -0.4 is 0 Å². The van der Waals surface area contributed by atoms with Crippen LogP contribution in [0, 0.1) is 47.3 Å². The number of carbonyl (C=O) groups excluding carboxylic acids is 13. The lowest BCUT2D eigenvalue weighted by atomic mass is 9.94. The van der Waals surface area contributed by atoms with Crippen LogP contribution in [0.5, 0.6) is 0 Å². The third-order valence-corrected chi connectivity index (χ3v) is 14.1. The van der Waals surface area contributed by atoms with E-state index in [1.807, 2.05) is 27.7 Å². The van der Waals surface area contributed by atoms with Gasteiger partial charge in [-0.25, -0.2) is 0 Å². The Morgan fingerprint density at radius 1 is 0.474 bits per heavy atom. The number of ether oxygens (including phenoxy) is 3. The summed E-state index contributed by atoms with van der Waals surface area (Å²) in [6, 6.07) is 0. The van der Waals surface area contributed by atoms with Crippen molar-refractivity contribution in [2.75, 3.05) is 99.4 Å². The average molecular weight is 1100 g/mol. The first-order valence-electron chi connectivity index (χ1n) is 26.0. The summed E-state index contributed by atoms with van der Waals surface area (Å²) >= 11 is 1.15. The topological polar surface area (TPSA) is 269 Å². The molecule has 23 heteroatoms. The molecule has 76 heavy (non-hydrogen) atoms. The summed E-state index contributed by atoms with van der Waals surface area (Å²) in [6.07, 6.45) is 0.491. The first kappa shape index (κ1) is 68.8. The van der Waals surface area contributed by atoms with E-state index in [1.165, 1.54) is 14.7 Å². The number of amides is 9. The molecule has 0 N–H and O–H groups in total. The molecule has 3 aliphatic heterocycles. The molecule has 0 spiro atoms. The van der Waals surface area contributed by atoms with E-state index in [4.69, 9.17) is 14.2 Å². The number of thioether (sulfide) groups is 1. The van der Waals surface area contributed by atoms with Crippen molar-refractivity contribution in [1.82, 2.24) is 29.4 Å². The summed E-state index contributed by atoms with van der Waals surface area (Å²) in [5.74, 6) is -3.45. The molecular weight excluding hydrogens is 1010 g/mol. The summed E-state index contributed by atoms with van der Waals surface area (Å²) in [7, 11) is 4.68. The van der Waals surface area contributed by atoms with E-state index in [9.17, 15) is 62.3 Å². The van der Waals surface area contributed by atoms with Crippen molar-refractivity contribution >= 4 is 88.1 Å². The van der Waals surface area contributed by atoms with Gasteiger partial charge in [0.1, 0.15) is 45.4 Å². The number of Topliss-reactive ketones (excluding diaryl/α,β-unsaturated/α-hetero) is 4. The molecule has 3 rings (SSSR count). The molecular formula is C53H86N6O16S. The second-order valence-electron chi connectivity index (χ2n) is 21.2. The zero-order chi connectivity index (χ0) is 58.3. The Labute approximate surface area is 453 Å². The van der Waals surface area contributed by atoms with Gasteiger partial charge >= 0.3 is 0 Å². The smallest absolute Gasteiger partial charge is 0.243 e. The van der Waals surface area contributed by atoms with E-state index in [1.54, 1.807) is 76.5 Å². The van der Waals surface area contributed by atoms with Crippen LogP contribution >= 0.6 is 11.8 Å². The maximum atomic E-state index is 12.4. The van der Waals surface area contributed by atoms with Gasteiger partial charge in [0.25, 0.3) is 0 Å². The Hall–Kier alpha value is -5.26. The lowest BCUT2D eigenvalue weighted by molar-refractivity contribution is -0.146. The van der Waals surface area contributed by atoms with Gasteiger partial charge in [0.2, 0.25) is 53.2 Å². The Kier molecular flexibility index (Phi) is 30.6. The highest BCUT2D eigenvalue weighted by molar-refractivity contribution is 8.01. The van der Waals surface area contributed by atoms with Crippen molar-refractivity contribution in [3.8, 4) is 0 Å². The molecule has 3 aliphatic rings. The van der Waals surface area contributed by atoms with E-state index in [2.05, 4.69) is 0 Å². The molecule has 3 heterocycles. The van der Waals surface area contributed by atoms with Crippen LogP contribution in [0.1, 0.15) is 109 Å². The molecule has 9 amide bonds. The van der Waals surface area contributed by atoms with Crippen LogP contribution in [0.25, 0.3) is 0 Å². The van der Waals surface area contributed by atoms with Crippen LogP contribution in [-0.4, -0.2) is 210 Å². The molecule has 430 valence electrons. The van der Waals surface area contributed by atoms with Gasteiger partial charge < -0.3 is 28.9 Å². The maximum Gasteiger partial charge on any atom is 0.243 e. The second kappa shape index (κ2) is 33.8. The van der Waals surface area contributed by atoms with Crippen molar-refractivity contribution in [2.24, 2.45) is 47.3 Å². The van der Waals surface area contributed by atoms with Gasteiger partial charge in [-0.15, -0.1) is 11.8 Å². The zero-order valence-electron chi connectivity index (χ0n) is 47.6. The standard InChI is InChI=1S/C19H30N2O6S.2C17H28N2O5/c1-12(2)14(22)10-27-7-6-20(5)18(25)9-21-17(24)8-16(19(21)26)28-11-15(23)13(3)4;1-11(2)13-8-15(21)19(17(13)23)9-16(22)18(5)6-7-24-10-14(20)12(3)4;1-11(2)13-8-16(22)19(17(13)23)10-18(5)15(21)6-7-24-9-14(20)12(3)4/h12-13,16H,6-11H2,1-5H3;2*11-13H,6-10H2,1-5H3. The number of hydrogen-bond acceptors (Lipinski definition) is 17. The number of nitrogens with zero attached hydrogens (tertiary/aromatic N) is 6. The van der Waals surface area contributed by atoms with Crippen molar-refractivity contribution < 1.29 is 76.5 Å². The van der Waals surface area contributed by atoms with Gasteiger partial charge in [0.05, 0.1) is 37.2 Å². The van der Waals surface area contributed by atoms with Crippen LogP contribution in [-0.2, 0) is 76.5 Å². The number of likely N-dealkylation sites (N-methyl/N-ethyl adjacent to an activating group) is 2. The van der Waals surface area contributed by atoms with Crippen molar-refractivity contribution in [1.29, 1.82) is 0 Å². The lowest BCUT2D eigenvalue weighted by Crippen LogP contribution is -2.43. The van der Waals surface area contributed by atoms with Crippen molar-refractivity contribution in [3.63, 3.8) is 0 Å². The predicted octanol–water partition coefficient (Wildman–Crippen LogP) is 2.56. The monoisotopic (exact) mass is 1090 g/mol. The number of hydrogen-bond donors (Lipinski definition) is 0. The molecule has 3 saturated heterocycles. The molecule has 3 fully saturated rings. The number of likely N-dealkylation sites (tertiary alicyclic amines) is 3. The van der Waals surface area contributed by atoms with Crippen LogP contribution in [0.15, 0.2) is 0 Å². The molecule has 0 radical (unpaired) electrons. The third-order valence-electron chi connectivity index (χ3n) is 12.9. The number of rotatable bonds is 30. The fourth-order valence-electron chi connectivity index (χ4n) is 6.90. The Balaban J connectivity index is 0.000000572. The van der Waals surface area contributed by atoms with Gasteiger partial charge in [-0.05, 0) is 11.8 Å². The lowest BCUT2D eigenvalue weighted by Gasteiger charge is -2.24. The fourth-order valence-corrected chi connectivity index (χ4v) is 8.13. The van der Waals surface area contributed by atoms with Crippen LogP contribution in [0.2, 0.25) is 0 Å². The van der Waals surface area contributed by atoms with Crippen LogP contribution in [0.3, 0.4) is 0 Å². The van der Waals surface area contributed by atoms with Crippen molar-refractivity contribution in [3.05, 3.63) is 0 Å². The second-order valence-corrected chi connectivity index (χ2v) is 22.4. The highest BCUT2D eigenvalue weighted by Gasteiger charge is 2.43. The highest BCUT2D eigenvalue weighted by atomic mass is 32.2. The Morgan fingerprint density at radius 3 is 1.21 bits per heavy atom. The molecule has 0 bridgehead atoms. The van der Waals surface area contributed by atoms with Crippen LogP contribution in [0.4, 0.5) is 0 Å². The summed E-state index contributed by atoms with van der Waals surface area (Å²) in [6.45, 7) is 22.5. The molecule has 22 nitrogen and oxygen atoms in total. The summed E-state index contributed by atoms with van der Waals surface area (Å²) < 4.78 is 15.7. The first-order valence-corrected chi connectivity index (χ1v) is 27.1. The summed E-state index contributed by atoms with van der Waals surface area (Å²) in [5, 5.41) is -0.612. The average Bonchev–Trinajstić information content (AvgIpc) is 3.91. The Morgan fingerprint density at radius 2 is 0.829 bits per heavy atom. The molecule has 0 aliphatic carbocycles. The molecule has 0 aromatic rings. The normalized spacial score (nSPS) is 17.6. The number of imide groups is 3. The predicted molar refractivity (Wildman–Crippen MR) is 281 cm³/mol. The van der Waals surface area contributed by atoms with Gasteiger partial charge in [0, 0.05) is 89.0 Å². The van der Waals surface area contributed by atoms with Crippen molar-refractivity contribution in [2.45, 2.75) is 114 Å². The largest absolute Gasteiger partial charge is 0.373 e. The van der Waals surface area contributed by atoms with E-state index in [0.717, 1.165) is 26.5 Å². The SMILES string of the molecule is CC(C)C(=O)COCCC(=O)N(C)CN1C(=O)CC(C(C)C)C1=O.CC(C)C(=O)COCCN(C)C(=O)CN1C(=O)CC(C(C)C)C1=O.CC(C)C(=O)COCCN(C)C(=O)CN1C(=O)CC(SCC(=O)C(C)C)C1=O. The van der Waals surface area contributed by atoms with Gasteiger partial charge in [-0.1, -0.05) is 83.1 Å².